The molecule has 148 valence electrons. The summed E-state index contributed by atoms with van der Waals surface area (Å²) >= 11 is 0. The Labute approximate surface area is 156 Å². The van der Waals surface area contributed by atoms with Crippen molar-refractivity contribution in [3.63, 3.8) is 0 Å². The van der Waals surface area contributed by atoms with Gasteiger partial charge < -0.3 is 4.42 Å². The number of aliphatic imine (C=N–C) groups is 2. The first-order valence-electron chi connectivity index (χ1n) is 9.18. The fourth-order valence-electron chi connectivity index (χ4n) is 2.61. The van der Waals surface area contributed by atoms with Crippen LogP contribution in [0.1, 0.15) is 51.4 Å². The second-order valence-electron chi connectivity index (χ2n) is 6.06. The lowest BCUT2D eigenvalue weighted by atomic mass is 10.2. The van der Waals surface area contributed by atoms with Gasteiger partial charge in [-0.25, -0.2) is 38.3 Å². The van der Waals surface area contributed by atoms with Crippen molar-refractivity contribution in [2.45, 2.75) is 64.5 Å². The predicted octanol–water partition coefficient (Wildman–Crippen LogP) is 1.28. The lowest BCUT2D eigenvalue weighted by Crippen LogP contribution is -2.46. The van der Waals surface area contributed by atoms with Crippen LogP contribution in [-0.4, -0.2) is 34.2 Å². The third-order valence-corrected chi connectivity index (χ3v) is 4.06. The van der Waals surface area contributed by atoms with Crippen molar-refractivity contribution in [1.29, 1.82) is 0 Å². The number of hydrogen-bond donors (Lipinski definition) is 0. The number of unbranched alkanes of at least 4 members (excludes halogenated alkanes) is 6. The summed E-state index contributed by atoms with van der Waals surface area (Å²) in [4.78, 5) is 53.3. The number of aromatic nitrogens is 2. The van der Waals surface area contributed by atoms with Crippen molar-refractivity contribution in [1.82, 2.24) is 9.13 Å². The monoisotopic (exact) mass is 378 g/mol. The van der Waals surface area contributed by atoms with E-state index in [2.05, 4.69) is 26.9 Å². The highest BCUT2D eigenvalue weighted by atomic mass is 16.5. The number of rotatable bonds is 14. The SMILES string of the molecule is C=C=NCCCCCCn1c(=O)oc(=O)n(CCCCCCN=C=O)c1=O. The molecule has 0 aliphatic heterocycles. The van der Waals surface area contributed by atoms with Crippen molar-refractivity contribution in [3.05, 3.63) is 38.2 Å². The fourth-order valence-corrected chi connectivity index (χ4v) is 2.61. The van der Waals surface area contributed by atoms with Crippen molar-refractivity contribution in [3.8, 4) is 0 Å². The minimum Gasteiger partial charge on any atom is -0.358 e. The van der Waals surface area contributed by atoms with Gasteiger partial charge in [-0.2, -0.15) is 0 Å². The van der Waals surface area contributed by atoms with Gasteiger partial charge in [0.05, 0.1) is 6.54 Å². The lowest BCUT2D eigenvalue weighted by molar-refractivity contribution is 0.313. The van der Waals surface area contributed by atoms with E-state index in [9.17, 15) is 19.2 Å². The van der Waals surface area contributed by atoms with Gasteiger partial charge in [0.2, 0.25) is 6.08 Å². The fraction of sp³-hybridized carbons (Fsp3) is 0.667. The second-order valence-corrected chi connectivity index (χ2v) is 6.06. The molecule has 1 aromatic heterocycles. The number of nitrogens with zero attached hydrogens (tertiary/aromatic N) is 4. The van der Waals surface area contributed by atoms with Crippen LogP contribution in [0.25, 0.3) is 0 Å². The van der Waals surface area contributed by atoms with E-state index in [4.69, 9.17) is 0 Å². The molecule has 0 radical (unpaired) electrons. The number of isocyanates is 1. The molecular formula is C18H26N4O5. The molecule has 9 nitrogen and oxygen atoms in total. The minimum absolute atomic E-state index is 0.192. The van der Waals surface area contributed by atoms with E-state index >= 15 is 0 Å². The largest absolute Gasteiger partial charge is 0.427 e. The molecule has 9 heteroatoms. The third kappa shape index (κ3) is 8.44. The van der Waals surface area contributed by atoms with Crippen LogP contribution in [0, 0.1) is 0 Å². The Morgan fingerprint density at radius 1 is 0.778 bits per heavy atom. The maximum atomic E-state index is 12.4. The topological polar surface area (TPSA) is 116 Å². The van der Waals surface area contributed by atoms with E-state index in [1.807, 2.05) is 0 Å². The molecule has 0 fully saturated rings. The van der Waals surface area contributed by atoms with Crippen LogP contribution in [0.15, 0.2) is 35.4 Å². The van der Waals surface area contributed by atoms with Crippen molar-refractivity contribution < 1.29 is 9.21 Å². The number of carbonyl (C=O) groups excluding carboxylic acids is 1. The quantitative estimate of drug-likeness (QED) is 0.275. The molecular weight excluding hydrogens is 352 g/mol. The molecule has 0 saturated carbocycles. The van der Waals surface area contributed by atoms with Gasteiger partial charge in [0.15, 0.2) is 0 Å². The Hall–Kier alpha value is -2.76. The Kier molecular flexibility index (Phi) is 11.1. The average Bonchev–Trinajstić information content (AvgIpc) is 2.64. The molecule has 27 heavy (non-hydrogen) atoms. The molecule has 0 aliphatic rings. The van der Waals surface area contributed by atoms with Crippen LogP contribution in [0.4, 0.5) is 0 Å². The van der Waals surface area contributed by atoms with Gasteiger partial charge in [0, 0.05) is 19.6 Å². The Bertz CT molecular complexity index is 773. The maximum absolute atomic E-state index is 12.4. The minimum atomic E-state index is -0.922. The Morgan fingerprint density at radius 2 is 1.26 bits per heavy atom. The normalized spacial score (nSPS) is 10.2. The first-order chi connectivity index (χ1) is 13.1. The Balaban J connectivity index is 2.54. The highest BCUT2D eigenvalue weighted by Crippen LogP contribution is 2.02. The molecule has 0 saturated heterocycles. The molecule has 0 spiro atoms. The summed E-state index contributed by atoms with van der Waals surface area (Å²) in [6, 6.07) is 0. The summed E-state index contributed by atoms with van der Waals surface area (Å²) in [7, 11) is 0. The van der Waals surface area contributed by atoms with Gasteiger partial charge in [-0.15, -0.1) is 0 Å². The molecule has 0 amide bonds. The van der Waals surface area contributed by atoms with Crippen molar-refractivity contribution >= 4 is 11.9 Å². The molecule has 0 aromatic carbocycles. The molecule has 0 bridgehead atoms. The van der Waals surface area contributed by atoms with Gasteiger partial charge >= 0.3 is 17.2 Å². The summed E-state index contributed by atoms with van der Waals surface area (Å²) in [6.07, 6.45) is 7.69. The highest BCUT2D eigenvalue weighted by molar-refractivity contribution is 5.46. The first-order valence-corrected chi connectivity index (χ1v) is 9.18. The smallest absolute Gasteiger partial charge is 0.358 e. The maximum Gasteiger partial charge on any atom is 0.427 e. The molecule has 0 N–H and O–H groups in total. The van der Waals surface area contributed by atoms with Crippen LogP contribution in [0.2, 0.25) is 0 Å². The second kappa shape index (κ2) is 13.4. The molecule has 0 atom stereocenters. The van der Waals surface area contributed by atoms with Gasteiger partial charge in [-0.3, -0.25) is 0 Å². The molecule has 1 aromatic rings. The molecule has 0 unspecified atom stereocenters. The molecule has 0 aliphatic carbocycles. The highest BCUT2D eigenvalue weighted by Gasteiger charge is 2.11. The van der Waals surface area contributed by atoms with Gasteiger partial charge in [-0.1, -0.05) is 25.7 Å². The summed E-state index contributed by atoms with van der Waals surface area (Å²) < 4.78 is 6.60. The number of hydrogen-bond acceptors (Lipinski definition) is 7. The van der Waals surface area contributed by atoms with E-state index in [0.717, 1.165) is 47.7 Å². The van der Waals surface area contributed by atoms with Crippen molar-refractivity contribution in [2.75, 3.05) is 13.1 Å². The molecule has 1 rings (SSSR count). The van der Waals surface area contributed by atoms with Crippen LogP contribution < -0.4 is 17.2 Å². The first kappa shape index (κ1) is 22.3. The predicted molar refractivity (Wildman–Crippen MR) is 101 cm³/mol. The summed E-state index contributed by atoms with van der Waals surface area (Å²) in [6.45, 7) is 4.89. The summed E-state index contributed by atoms with van der Waals surface area (Å²) in [5.41, 5.74) is -0.627. The van der Waals surface area contributed by atoms with E-state index in [1.165, 1.54) is 6.08 Å². The zero-order chi connectivity index (χ0) is 19.9. The van der Waals surface area contributed by atoms with Gasteiger partial charge in [0.1, 0.15) is 0 Å². The summed E-state index contributed by atoms with van der Waals surface area (Å²) in [5, 5.41) is 0. The van der Waals surface area contributed by atoms with E-state index in [0.29, 0.717) is 25.9 Å². The standard InChI is InChI=1S/C18H26N4O5/c1-2-19-11-7-3-5-9-13-21-16(24)22(18(26)27-17(21)25)14-10-6-4-8-12-20-15-23/h1,3-14H2. The summed E-state index contributed by atoms with van der Waals surface area (Å²) in [5.74, 6) is 0.633. The van der Waals surface area contributed by atoms with E-state index in [-0.39, 0.29) is 13.1 Å². The lowest BCUT2D eigenvalue weighted by Gasteiger charge is -2.07. The van der Waals surface area contributed by atoms with Crippen LogP contribution >= 0.6 is 0 Å². The van der Waals surface area contributed by atoms with Gasteiger partial charge in [0.25, 0.3) is 0 Å². The zero-order valence-electron chi connectivity index (χ0n) is 15.5. The van der Waals surface area contributed by atoms with Crippen molar-refractivity contribution in [2.24, 2.45) is 9.98 Å². The third-order valence-electron chi connectivity index (χ3n) is 4.06. The van der Waals surface area contributed by atoms with Crippen LogP contribution in [-0.2, 0) is 17.9 Å². The van der Waals surface area contributed by atoms with Gasteiger partial charge in [-0.05, 0) is 38.1 Å². The van der Waals surface area contributed by atoms with E-state index in [1.54, 1.807) is 0 Å². The van der Waals surface area contributed by atoms with Crippen LogP contribution in [0.5, 0.6) is 0 Å². The Morgan fingerprint density at radius 3 is 1.74 bits per heavy atom. The van der Waals surface area contributed by atoms with E-state index < -0.39 is 17.2 Å². The zero-order valence-corrected chi connectivity index (χ0v) is 15.5. The molecule has 1 heterocycles. The average molecular weight is 378 g/mol. The van der Waals surface area contributed by atoms with Crippen LogP contribution in [0.3, 0.4) is 0 Å².